The number of alkyl carbamates (subject to hydrolysis) is 1. The largest absolute Gasteiger partial charge is 0.444 e. The first kappa shape index (κ1) is 32.3. The standard InChI is InChI=1S/C31H44N4O5/c1-8-9-19-35(29(38)24(17-18-25(32)36)33-30(39)40-31(5,6)7)27(23-16-11-10-13-20(23)2)28(37)34-26-21(3)14-12-15-22(26)4/h10-16,24,27H,8-9,17-19H2,1-7H3,(H2,32,36)(H,33,39)(H,34,37). The SMILES string of the molecule is CCCCN(C(=O)C(CCC(N)=O)NC(=O)OC(C)(C)C)C(C(=O)Nc1c(C)cccc1C)c1ccccc1C. The van der Waals surface area contributed by atoms with E-state index < -0.39 is 35.6 Å². The van der Waals surface area contributed by atoms with Crippen LogP contribution < -0.4 is 16.4 Å². The summed E-state index contributed by atoms with van der Waals surface area (Å²) in [6, 6.07) is 11.0. The van der Waals surface area contributed by atoms with E-state index in [0.717, 1.165) is 23.1 Å². The lowest BCUT2D eigenvalue weighted by Crippen LogP contribution is -2.53. The number of amides is 4. The van der Waals surface area contributed by atoms with Gasteiger partial charge in [-0.3, -0.25) is 14.4 Å². The molecule has 0 bridgehead atoms. The number of hydrogen-bond donors (Lipinski definition) is 3. The van der Waals surface area contributed by atoms with Crippen LogP contribution in [0.3, 0.4) is 0 Å². The van der Waals surface area contributed by atoms with E-state index in [0.29, 0.717) is 17.7 Å². The Morgan fingerprint density at radius 3 is 2.10 bits per heavy atom. The van der Waals surface area contributed by atoms with Gasteiger partial charge in [0.1, 0.15) is 17.7 Å². The van der Waals surface area contributed by atoms with E-state index in [-0.39, 0.29) is 25.3 Å². The first-order chi connectivity index (χ1) is 18.7. The van der Waals surface area contributed by atoms with Crippen LogP contribution in [0.15, 0.2) is 42.5 Å². The molecule has 2 rings (SSSR count). The van der Waals surface area contributed by atoms with Gasteiger partial charge in [0.2, 0.25) is 11.8 Å². The number of para-hydroxylation sites is 1. The molecule has 2 aromatic carbocycles. The van der Waals surface area contributed by atoms with E-state index in [2.05, 4.69) is 10.6 Å². The molecule has 0 aliphatic heterocycles. The van der Waals surface area contributed by atoms with Crippen LogP contribution in [-0.2, 0) is 19.1 Å². The van der Waals surface area contributed by atoms with Gasteiger partial charge < -0.3 is 26.0 Å². The molecule has 0 aromatic heterocycles. The van der Waals surface area contributed by atoms with E-state index in [1.807, 2.05) is 70.2 Å². The van der Waals surface area contributed by atoms with E-state index in [9.17, 15) is 19.2 Å². The number of rotatable bonds is 12. The number of benzene rings is 2. The number of ether oxygens (including phenoxy) is 1. The Bertz CT molecular complexity index is 1180. The Balaban J connectivity index is 2.59. The van der Waals surface area contributed by atoms with Crippen LogP contribution >= 0.6 is 0 Å². The number of primary amides is 1. The third-order valence-electron chi connectivity index (χ3n) is 6.48. The van der Waals surface area contributed by atoms with Gasteiger partial charge in [-0.2, -0.15) is 0 Å². The Morgan fingerprint density at radius 2 is 1.55 bits per heavy atom. The lowest BCUT2D eigenvalue weighted by molar-refractivity contribution is -0.141. The van der Waals surface area contributed by atoms with Gasteiger partial charge in [-0.1, -0.05) is 55.8 Å². The Morgan fingerprint density at radius 1 is 0.950 bits per heavy atom. The van der Waals surface area contributed by atoms with Crippen molar-refractivity contribution in [1.82, 2.24) is 10.2 Å². The molecule has 0 aliphatic rings. The minimum atomic E-state index is -1.13. The molecule has 0 fully saturated rings. The lowest BCUT2D eigenvalue weighted by Gasteiger charge is -2.35. The summed E-state index contributed by atoms with van der Waals surface area (Å²) in [7, 11) is 0. The van der Waals surface area contributed by atoms with E-state index in [4.69, 9.17) is 10.5 Å². The molecule has 2 atom stereocenters. The number of aryl methyl sites for hydroxylation is 3. The second kappa shape index (κ2) is 14.5. The fourth-order valence-corrected chi connectivity index (χ4v) is 4.44. The van der Waals surface area contributed by atoms with Crippen LogP contribution in [0.4, 0.5) is 10.5 Å². The van der Waals surface area contributed by atoms with Gasteiger partial charge in [0, 0.05) is 18.7 Å². The number of nitrogens with two attached hydrogens (primary N) is 1. The van der Waals surface area contributed by atoms with Crippen LogP contribution in [-0.4, -0.2) is 46.9 Å². The average Bonchev–Trinajstić information content (AvgIpc) is 2.85. The molecule has 4 N–H and O–H groups in total. The molecule has 40 heavy (non-hydrogen) atoms. The zero-order valence-corrected chi connectivity index (χ0v) is 24.8. The number of nitrogens with zero attached hydrogens (tertiary/aromatic N) is 1. The molecular weight excluding hydrogens is 508 g/mol. The van der Waals surface area contributed by atoms with Gasteiger partial charge in [0.05, 0.1) is 0 Å². The highest BCUT2D eigenvalue weighted by Crippen LogP contribution is 2.29. The molecule has 4 amide bonds. The highest BCUT2D eigenvalue weighted by molar-refractivity contribution is 6.00. The van der Waals surface area contributed by atoms with Crippen molar-refractivity contribution in [3.63, 3.8) is 0 Å². The predicted octanol–water partition coefficient (Wildman–Crippen LogP) is 5.08. The van der Waals surface area contributed by atoms with Crippen molar-refractivity contribution < 1.29 is 23.9 Å². The second-order valence-electron chi connectivity index (χ2n) is 11.1. The smallest absolute Gasteiger partial charge is 0.408 e. The van der Waals surface area contributed by atoms with Crippen molar-refractivity contribution in [3.8, 4) is 0 Å². The van der Waals surface area contributed by atoms with E-state index in [1.165, 1.54) is 4.90 Å². The second-order valence-corrected chi connectivity index (χ2v) is 11.1. The monoisotopic (exact) mass is 552 g/mol. The highest BCUT2D eigenvalue weighted by atomic mass is 16.6. The fourth-order valence-electron chi connectivity index (χ4n) is 4.44. The maximum atomic E-state index is 14.2. The Hall–Kier alpha value is -3.88. The minimum absolute atomic E-state index is 0.0327. The normalized spacial score (nSPS) is 12.7. The summed E-state index contributed by atoms with van der Waals surface area (Å²) in [5.74, 6) is -1.47. The number of unbranched alkanes of at least 4 members (excludes halogenated alkanes) is 1. The average molecular weight is 553 g/mol. The maximum Gasteiger partial charge on any atom is 0.408 e. The number of carbonyl (C=O) groups is 4. The summed E-state index contributed by atoms with van der Waals surface area (Å²) in [5, 5.41) is 5.68. The third-order valence-corrected chi connectivity index (χ3v) is 6.48. The lowest BCUT2D eigenvalue weighted by atomic mass is 9.96. The minimum Gasteiger partial charge on any atom is -0.444 e. The van der Waals surface area contributed by atoms with Crippen LogP contribution in [0.5, 0.6) is 0 Å². The summed E-state index contributed by atoms with van der Waals surface area (Å²) in [6.45, 7) is 13.1. The number of anilines is 1. The Labute approximate surface area is 237 Å². The molecule has 2 unspecified atom stereocenters. The maximum absolute atomic E-state index is 14.2. The molecule has 218 valence electrons. The molecule has 0 radical (unpaired) electrons. The quantitative estimate of drug-likeness (QED) is 0.338. The van der Waals surface area contributed by atoms with Crippen molar-refractivity contribution >= 4 is 29.5 Å². The summed E-state index contributed by atoms with van der Waals surface area (Å²) < 4.78 is 5.39. The molecule has 0 heterocycles. The highest BCUT2D eigenvalue weighted by Gasteiger charge is 2.37. The van der Waals surface area contributed by atoms with Crippen LogP contribution in [0.2, 0.25) is 0 Å². The first-order valence-corrected chi connectivity index (χ1v) is 13.8. The molecule has 9 nitrogen and oxygen atoms in total. The summed E-state index contributed by atoms with van der Waals surface area (Å²) in [6.07, 6.45) is 0.443. The molecule has 0 saturated heterocycles. The molecular formula is C31H44N4O5. The van der Waals surface area contributed by atoms with Gasteiger partial charge in [-0.25, -0.2) is 4.79 Å². The van der Waals surface area contributed by atoms with Gasteiger partial charge in [-0.05, 0) is 76.6 Å². The fraction of sp³-hybridized carbons (Fsp3) is 0.484. The topological polar surface area (TPSA) is 131 Å². The van der Waals surface area contributed by atoms with Gasteiger partial charge >= 0.3 is 6.09 Å². The van der Waals surface area contributed by atoms with Crippen LogP contribution in [0.1, 0.15) is 81.7 Å². The van der Waals surface area contributed by atoms with Crippen molar-refractivity contribution in [2.75, 3.05) is 11.9 Å². The zero-order valence-electron chi connectivity index (χ0n) is 24.8. The predicted molar refractivity (Wildman–Crippen MR) is 157 cm³/mol. The zero-order chi connectivity index (χ0) is 30.0. The molecule has 0 spiro atoms. The molecule has 0 aliphatic carbocycles. The van der Waals surface area contributed by atoms with Crippen molar-refractivity contribution in [2.45, 2.75) is 91.8 Å². The van der Waals surface area contributed by atoms with E-state index >= 15 is 0 Å². The summed E-state index contributed by atoms with van der Waals surface area (Å²) in [4.78, 5) is 54.1. The summed E-state index contributed by atoms with van der Waals surface area (Å²) >= 11 is 0. The molecule has 2 aromatic rings. The summed E-state index contributed by atoms with van der Waals surface area (Å²) in [5.41, 5.74) is 8.59. The number of nitrogens with one attached hydrogen (secondary N) is 2. The Kier molecular flexibility index (Phi) is 11.7. The first-order valence-electron chi connectivity index (χ1n) is 13.8. The third kappa shape index (κ3) is 9.39. The van der Waals surface area contributed by atoms with E-state index in [1.54, 1.807) is 20.8 Å². The van der Waals surface area contributed by atoms with Crippen molar-refractivity contribution in [2.24, 2.45) is 5.73 Å². The van der Waals surface area contributed by atoms with Crippen LogP contribution in [0.25, 0.3) is 0 Å². The molecule has 0 saturated carbocycles. The van der Waals surface area contributed by atoms with Gasteiger partial charge in [0.25, 0.3) is 5.91 Å². The van der Waals surface area contributed by atoms with Crippen molar-refractivity contribution in [3.05, 3.63) is 64.7 Å². The van der Waals surface area contributed by atoms with Gasteiger partial charge in [-0.15, -0.1) is 0 Å². The number of carbonyl (C=O) groups excluding carboxylic acids is 4. The van der Waals surface area contributed by atoms with Crippen molar-refractivity contribution in [1.29, 1.82) is 0 Å². The number of hydrogen-bond acceptors (Lipinski definition) is 5. The van der Waals surface area contributed by atoms with Crippen LogP contribution in [0, 0.1) is 20.8 Å². The van der Waals surface area contributed by atoms with Gasteiger partial charge in [0.15, 0.2) is 0 Å². The molecule has 9 heteroatoms.